The van der Waals surface area contributed by atoms with E-state index in [4.69, 9.17) is 9.47 Å². The fourth-order valence-corrected chi connectivity index (χ4v) is 5.25. The van der Waals surface area contributed by atoms with E-state index in [1.165, 1.54) is 4.90 Å². The number of rotatable bonds is 8. The number of anilines is 2. The summed E-state index contributed by atoms with van der Waals surface area (Å²) in [6, 6.07) is 20.8. The number of epoxide rings is 1. The molecule has 3 aromatic rings. The molecule has 3 aromatic carbocycles. The van der Waals surface area contributed by atoms with Gasteiger partial charge in [-0.05, 0) is 48.5 Å². The van der Waals surface area contributed by atoms with E-state index >= 15 is 0 Å². The fourth-order valence-electron chi connectivity index (χ4n) is 5.25. The number of morpholine rings is 1. The maximum absolute atomic E-state index is 12.4. The number of carbonyl (C=O) groups is 5. The number of nitrogens with one attached hydrogen (secondary N) is 1. The SMILES string of the molecule is F.O=C1c2ccccc2C(=O)N1C[C@H](O)CNc1ccc(N2CCOCC2=O)cc1.O=C1c2ccccc2C(=O)N1C[C@H]1CO1. The van der Waals surface area contributed by atoms with Crippen LogP contribution in [-0.2, 0) is 14.3 Å². The Morgan fingerprint density at radius 2 is 1.29 bits per heavy atom. The number of aliphatic hydroxyl groups is 1. The molecule has 13 heteroatoms. The Morgan fingerprint density at radius 3 is 1.78 bits per heavy atom. The summed E-state index contributed by atoms with van der Waals surface area (Å²) in [4.78, 5) is 64.3. The number of hydrogen-bond acceptors (Lipinski definition) is 9. The van der Waals surface area contributed by atoms with E-state index in [2.05, 4.69) is 5.32 Å². The minimum absolute atomic E-state index is 0. The van der Waals surface area contributed by atoms with Gasteiger partial charge in [0.05, 0.1) is 60.8 Å². The van der Waals surface area contributed by atoms with Crippen LogP contribution in [0.15, 0.2) is 72.8 Å². The maximum atomic E-state index is 12.4. The van der Waals surface area contributed by atoms with Crippen molar-refractivity contribution >= 4 is 40.9 Å². The molecule has 4 aliphatic rings. The summed E-state index contributed by atoms with van der Waals surface area (Å²) >= 11 is 0. The zero-order valence-electron chi connectivity index (χ0n) is 24.1. The molecule has 5 amide bonds. The molecule has 4 aliphatic heterocycles. The van der Waals surface area contributed by atoms with Crippen LogP contribution in [0.5, 0.6) is 0 Å². The van der Waals surface area contributed by atoms with Crippen LogP contribution in [0.2, 0.25) is 0 Å². The molecule has 0 bridgehead atoms. The molecule has 12 nitrogen and oxygen atoms in total. The molecule has 7 rings (SSSR count). The van der Waals surface area contributed by atoms with Crippen molar-refractivity contribution in [1.29, 1.82) is 0 Å². The van der Waals surface area contributed by atoms with Crippen molar-refractivity contribution in [2.24, 2.45) is 0 Å². The summed E-state index contributed by atoms with van der Waals surface area (Å²) in [5.74, 6) is -1.25. The number of amides is 5. The lowest BCUT2D eigenvalue weighted by molar-refractivity contribution is -0.125. The molecule has 0 unspecified atom stereocenters. The van der Waals surface area contributed by atoms with Crippen LogP contribution in [0.1, 0.15) is 41.4 Å². The average molecular weight is 619 g/mol. The molecule has 0 aliphatic carbocycles. The van der Waals surface area contributed by atoms with Crippen LogP contribution in [0, 0.1) is 0 Å². The molecule has 0 saturated carbocycles. The third-order valence-corrected chi connectivity index (χ3v) is 7.64. The van der Waals surface area contributed by atoms with Gasteiger partial charge in [0.25, 0.3) is 29.5 Å². The van der Waals surface area contributed by atoms with Gasteiger partial charge < -0.3 is 24.8 Å². The molecule has 0 spiro atoms. The highest BCUT2D eigenvalue weighted by molar-refractivity contribution is 6.22. The summed E-state index contributed by atoms with van der Waals surface area (Å²) in [6.07, 6.45) is -0.870. The maximum Gasteiger partial charge on any atom is 0.261 e. The topological polar surface area (TPSA) is 149 Å². The van der Waals surface area contributed by atoms with Gasteiger partial charge in [-0.3, -0.25) is 38.5 Å². The molecular weight excluding hydrogens is 587 g/mol. The number of fused-ring (bicyclic) bond motifs is 2. The zero-order valence-corrected chi connectivity index (χ0v) is 24.1. The lowest BCUT2D eigenvalue weighted by atomic mass is 10.1. The van der Waals surface area contributed by atoms with E-state index in [-0.39, 0.29) is 60.0 Å². The summed E-state index contributed by atoms with van der Waals surface area (Å²) in [7, 11) is 0. The van der Waals surface area contributed by atoms with Crippen molar-refractivity contribution in [3.63, 3.8) is 0 Å². The number of benzene rings is 3. The number of hydrogen-bond donors (Lipinski definition) is 2. The Balaban J connectivity index is 0.000000210. The predicted molar refractivity (Wildman–Crippen MR) is 160 cm³/mol. The van der Waals surface area contributed by atoms with Gasteiger partial charge in [-0.2, -0.15) is 0 Å². The fraction of sp³-hybridized carbons (Fsp3) is 0.281. The van der Waals surface area contributed by atoms with Crippen molar-refractivity contribution in [2.75, 3.05) is 56.2 Å². The van der Waals surface area contributed by atoms with Crippen LogP contribution in [0.3, 0.4) is 0 Å². The van der Waals surface area contributed by atoms with Gasteiger partial charge in [-0.1, -0.05) is 24.3 Å². The van der Waals surface area contributed by atoms with Crippen LogP contribution >= 0.6 is 0 Å². The first kappa shape index (κ1) is 31.4. The van der Waals surface area contributed by atoms with E-state index in [0.29, 0.717) is 48.6 Å². The lowest BCUT2D eigenvalue weighted by Crippen LogP contribution is -2.41. The van der Waals surface area contributed by atoms with Crippen molar-refractivity contribution in [1.82, 2.24) is 9.80 Å². The summed E-state index contributed by atoms with van der Waals surface area (Å²) in [5.41, 5.74) is 3.29. The second-order valence-electron chi connectivity index (χ2n) is 10.7. The van der Waals surface area contributed by atoms with E-state index in [1.54, 1.807) is 53.4 Å². The summed E-state index contributed by atoms with van der Waals surface area (Å²) < 4.78 is 10.1. The molecule has 45 heavy (non-hydrogen) atoms. The monoisotopic (exact) mass is 618 g/mol. The second-order valence-corrected chi connectivity index (χ2v) is 10.7. The largest absolute Gasteiger partial charge is 0.389 e. The van der Waals surface area contributed by atoms with Crippen molar-refractivity contribution in [3.8, 4) is 0 Å². The van der Waals surface area contributed by atoms with Gasteiger partial charge >= 0.3 is 0 Å². The lowest BCUT2D eigenvalue weighted by Gasteiger charge is -2.27. The Labute approximate surface area is 257 Å². The number of nitrogens with zero attached hydrogens (tertiary/aromatic N) is 3. The first-order valence-electron chi connectivity index (χ1n) is 14.2. The third-order valence-electron chi connectivity index (χ3n) is 7.64. The quantitative estimate of drug-likeness (QED) is 0.285. The Morgan fingerprint density at radius 1 is 0.778 bits per heavy atom. The molecule has 2 atom stereocenters. The van der Waals surface area contributed by atoms with Crippen LogP contribution in [0.4, 0.5) is 16.1 Å². The highest BCUT2D eigenvalue weighted by atomic mass is 19.0. The van der Waals surface area contributed by atoms with E-state index < -0.39 is 6.10 Å². The normalized spacial score (nSPS) is 19.0. The minimum Gasteiger partial charge on any atom is -0.389 e. The van der Waals surface area contributed by atoms with E-state index in [1.807, 2.05) is 24.3 Å². The molecule has 0 radical (unpaired) electrons. The van der Waals surface area contributed by atoms with Crippen molar-refractivity contribution in [3.05, 3.63) is 95.1 Å². The van der Waals surface area contributed by atoms with E-state index in [0.717, 1.165) is 16.3 Å². The number of imide groups is 2. The van der Waals surface area contributed by atoms with Crippen LogP contribution in [-0.4, -0.2) is 103 Å². The van der Waals surface area contributed by atoms with Gasteiger partial charge in [0.1, 0.15) is 6.61 Å². The first-order valence-corrected chi connectivity index (χ1v) is 14.2. The van der Waals surface area contributed by atoms with Gasteiger partial charge in [0, 0.05) is 24.5 Å². The smallest absolute Gasteiger partial charge is 0.261 e. The van der Waals surface area contributed by atoms with Gasteiger partial charge in [0.2, 0.25) is 0 Å². The number of carbonyl (C=O) groups excluding carboxylic acids is 5. The predicted octanol–water partition coefficient (Wildman–Crippen LogP) is 1.95. The highest BCUT2D eigenvalue weighted by Gasteiger charge is 2.39. The molecule has 2 saturated heterocycles. The highest BCUT2D eigenvalue weighted by Crippen LogP contribution is 2.25. The van der Waals surface area contributed by atoms with Crippen LogP contribution < -0.4 is 10.2 Å². The van der Waals surface area contributed by atoms with Gasteiger partial charge in [-0.15, -0.1) is 0 Å². The molecule has 4 heterocycles. The second kappa shape index (κ2) is 13.3. The van der Waals surface area contributed by atoms with Crippen LogP contribution in [0.25, 0.3) is 0 Å². The van der Waals surface area contributed by atoms with Gasteiger partial charge in [-0.25, -0.2) is 0 Å². The third kappa shape index (κ3) is 6.60. The molecule has 2 N–H and O–H groups in total. The van der Waals surface area contributed by atoms with Gasteiger partial charge in [0.15, 0.2) is 0 Å². The molecular formula is C32H31FN4O8. The Hall–Kier alpha value is -4.98. The molecule has 234 valence electrons. The Kier molecular flexibility index (Phi) is 9.32. The van der Waals surface area contributed by atoms with Crippen molar-refractivity contribution in [2.45, 2.75) is 12.2 Å². The summed E-state index contributed by atoms with van der Waals surface area (Å²) in [5, 5.41) is 13.4. The standard InChI is InChI=1S/C21H21N3O5.C11H9NO3.FH/c25-16(12-24-20(27)17-3-1-2-4-18(17)21(24)28)11-22-14-5-7-15(8-6-14)23-9-10-29-13-19(23)26;13-10-8-3-1-2-4-9(8)11(14)12(10)5-7-6-15-7;/h1-8,16,22,25H,9-13H2;1-4,7H,5-6H2;1H/t16-;7-;/m10./s1. The van der Waals surface area contributed by atoms with Crippen molar-refractivity contribution < 1.29 is 43.3 Å². The zero-order chi connectivity index (χ0) is 30.8. The Bertz CT molecular complexity index is 1560. The molecule has 0 aromatic heterocycles. The number of aliphatic hydroxyl groups excluding tert-OH is 1. The number of ether oxygens (including phenoxy) is 2. The average Bonchev–Trinajstić information content (AvgIpc) is 3.81. The minimum atomic E-state index is -0.919. The number of β-amino-alcohol motifs (C(OH)–C–C–N with tert-alkyl or cyclic N) is 1. The first-order chi connectivity index (χ1) is 21.3. The summed E-state index contributed by atoms with van der Waals surface area (Å²) in [6.45, 7) is 2.23. The number of halogens is 1. The molecule has 2 fully saturated rings. The van der Waals surface area contributed by atoms with E-state index in [9.17, 15) is 29.1 Å².